The molecule has 26 heavy (non-hydrogen) atoms. The van der Waals surface area contributed by atoms with Crippen molar-refractivity contribution in [3.8, 4) is 0 Å². The quantitative estimate of drug-likeness (QED) is 0.655. The van der Waals surface area contributed by atoms with Crippen molar-refractivity contribution in [2.45, 2.75) is 31.3 Å². The fourth-order valence-electron chi connectivity index (χ4n) is 2.97. The average molecular weight is 400 g/mol. The van der Waals surface area contributed by atoms with E-state index in [1.807, 2.05) is 0 Å². The number of hydrogen-bond donors (Lipinski definition) is 1. The van der Waals surface area contributed by atoms with Gasteiger partial charge in [0.25, 0.3) is 11.8 Å². The summed E-state index contributed by atoms with van der Waals surface area (Å²) in [6.07, 6.45) is 2.11. The second kappa shape index (κ2) is 7.75. The van der Waals surface area contributed by atoms with Gasteiger partial charge >= 0.3 is 5.97 Å². The van der Waals surface area contributed by atoms with Crippen LogP contribution in [0, 0.1) is 0 Å². The molecule has 2 aliphatic rings. The van der Waals surface area contributed by atoms with Crippen molar-refractivity contribution in [1.29, 1.82) is 0 Å². The van der Waals surface area contributed by atoms with Crippen LogP contribution in [0.3, 0.4) is 0 Å². The molecule has 0 unspecified atom stereocenters. The zero-order valence-electron chi connectivity index (χ0n) is 14.0. The Balaban J connectivity index is 1.46. The molecule has 10 heteroatoms. The van der Waals surface area contributed by atoms with E-state index in [1.54, 1.807) is 22.4 Å². The molecule has 1 aromatic rings. The third kappa shape index (κ3) is 4.82. The van der Waals surface area contributed by atoms with Crippen LogP contribution < -0.4 is 5.32 Å². The number of amides is 2. The largest absolute Gasteiger partial charge is 0.454 e. The molecule has 1 aromatic heterocycles. The number of carbonyl (C=O) groups is 3. The van der Waals surface area contributed by atoms with Crippen LogP contribution in [0.15, 0.2) is 17.5 Å². The Labute approximate surface area is 155 Å². The van der Waals surface area contributed by atoms with Crippen molar-refractivity contribution < 1.29 is 27.5 Å². The first kappa shape index (κ1) is 18.8. The molecule has 2 heterocycles. The van der Waals surface area contributed by atoms with E-state index in [4.69, 9.17) is 4.74 Å². The molecule has 2 fully saturated rings. The van der Waals surface area contributed by atoms with Crippen LogP contribution >= 0.6 is 11.3 Å². The van der Waals surface area contributed by atoms with Crippen LogP contribution in [0.2, 0.25) is 0 Å². The summed E-state index contributed by atoms with van der Waals surface area (Å²) in [6, 6.07) is 3.07. The molecule has 142 valence electrons. The lowest BCUT2D eigenvalue weighted by molar-refractivity contribution is -0.152. The summed E-state index contributed by atoms with van der Waals surface area (Å²) in [5.74, 6) is -1.41. The Kier molecular flexibility index (Phi) is 5.61. The molecule has 1 atom stereocenters. The predicted octanol–water partition coefficient (Wildman–Crippen LogP) is 0.199. The summed E-state index contributed by atoms with van der Waals surface area (Å²) in [6.45, 7) is -0.772. The van der Waals surface area contributed by atoms with Gasteiger partial charge in [0.05, 0.1) is 16.4 Å². The molecule has 0 aromatic carbocycles. The zero-order chi connectivity index (χ0) is 18.7. The Morgan fingerprint density at radius 2 is 2.00 bits per heavy atom. The van der Waals surface area contributed by atoms with Gasteiger partial charge in [-0.1, -0.05) is 6.07 Å². The van der Waals surface area contributed by atoms with E-state index in [-0.39, 0.29) is 41.9 Å². The highest BCUT2D eigenvalue weighted by Gasteiger charge is 2.42. The van der Waals surface area contributed by atoms with Gasteiger partial charge in [-0.25, -0.2) is 8.42 Å². The zero-order valence-corrected chi connectivity index (χ0v) is 15.7. The van der Waals surface area contributed by atoms with Crippen molar-refractivity contribution in [3.05, 3.63) is 22.4 Å². The topological polar surface area (TPSA) is 110 Å². The Bertz CT molecular complexity index is 786. The SMILES string of the molecule is O=C(CNC(=O)c1cccs1)OCC(=O)N(C1CC1)[C@@H]1CCS(=O)(=O)C1. The average Bonchev–Trinajstić information content (AvgIpc) is 3.13. The summed E-state index contributed by atoms with van der Waals surface area (Å²) in [7, 11) is -3.10. The fraction of sp³-hybridized carbons (Fsp3) is 0.562. The van der Waals surface area contributed by atoms with E-state index in [0.717, 1.165) is 12.8 Å². The molecular weight excluding hydrogens is 380 g/mol. The van der Waals surface area contributed by atoms with Crippen LogP contribution in [0.25, 0.3) is 0 Å². The maximum Gasteiger partial charge on any atom is 0.325 e. The van der Waals surface area contributed by atoms with E-state index < -0.39 is 22.4 Å². The summed E-state index contributed by atoms with van der Waals surface area (Å²) in [5.41, 5.74) is 0. The lowest BCUT2D eigenvalue weighted by Gasteiger charge is -2.28. The van der Waals surface area contributed by atoms with Gasteiger partial charge in [0.15, 0.2) is 16.4 Å². The Morgan fingerprint density at radius 3 is 2.58 bits per heavy atom. The number of hydrogen-bond acceptors (Lipinski definition) is 7. The third-order valence-electron chi connectivity index (χ3n) is 4.32. The second-order valence-electron chi connectivity index (χ2n) is 6.41. The number of esters is 1. The van der Waals surface area contributed by atoms with Gasteiger partial charge in [-0.15, -0.1) is 11.3 Å². The molecule has 1 aliphatic carbocycles. The molecule has 1 saturated carbocycles. The summed E-state index contributed by atoms with van der Waals surface area (Å²) in [4.78, 5) is 38.0. The summed E-state index contributed by atoms with van der Waals surface area (Å²) >= 11 is 1.25. The third-order valence-corrected chi connectivity index (χ3v) is 6.94. The van der Waals surface area contributed by atoms with Crippen molar-refractivity contribution in [1.82, 2.24) is 10.2 Å². The maximum absolute atomic E-state index is 12.4. The molecule has 0 spiro atoms. The minimum atomic E-state index is -3.10. The molecule has 2 amide bonds. The van der Waals surface area contributed by atoms with Crippen molar-refractivity contribution in [3.63, 3.8) is 0 Å². The standard InChI is InChI=1S/C16H20N2O6S2/c19-14(18(11-3-4-11)12-5-7-26(22,23)10-12)9-24-15(20)8-17-16(21)13-2-1-6-25-13/h1-2,6,11-12H,3-5,7-10H2,(H,17,21)/t12-/m1/s1. The van der Waals surface area contributed by atoms with Crippen LogP contribution in [0.1, 0.15) is 28.9 Å². The second-order valence-corrected chi connectivity index (χ2v) is 9.59. The molecule has 3 rings (SSSR count). The first-order chi connectivity index (χ1) is 12.4. The van der Waals surface area contributed by atoms with Gasteiger partial charge in [0.1, 0.15) is 6.54 Å². The number of carbonyl (C=O) groups excluding carboxylic acids is 3. The number of ether oxygens (including phenoxy) is 1. The van der Waals surface area contributed by atoms with Gasteiger partial charge in [-0.2, -0.15) is 0 Å². The van der Waals surface area contributed by atoms with Crippen molar-refractivity contribution >= 4 is 39.0 Å². The molecule has 1 aliphatic heterocycles. The molecule has 1 N–H and O–H groups in total. The smallest absolute Gasteiger partial charge is 0.325 e. The van der Waals surface area contributed by atoms with Gasteiger partial charge in [0, 0.05) is 12.1 Å². The predicted molar refractivity (Wildman–Crippen MR) is 94.5 cm³/mol. The van der Waals surface area contributed by atoms with Gasteiger partial charge in [-0.05, 0) is 30.7 Å². The fourth-order valence-corrected chi connectivity index (χ4v) is 5.32. The van der Waals surface area contributed by atoms with Crippen molar-refractivity contribution in [2.24, 2.45) is 0 Å². The van der Waals surface area contributed by atoms with Gasteiger partial charge in [0.2, 0.25) is 0 Å². The number of rotatable bonds is 7. The lowest BCUT2D eigenvalue weighted by atomic mass is 10.2. The first-order valence-electron chi connectivity index (χ1n) is 8.34. The minimum absolute atomic E-state index is 0.0277. The van der Waals surface area contributed by atoms with E-state index in [2.05, 4.69) is 5.32 Å². The number of sulfone groups is 1. The normalized spacial score (nSPS) is 21.2. The van der Waals surface area contributed by atoms with Crippen LogP contribution in [-0.4, -0.2) is 67.8 Å². The van der Waals surface area contributed by atoms with Crippen LogP contribution in [-0.2, 0) is 24.2 Å². The van der Waals surface area contributed by atoms with E-state index in [9.17, 15) is 22.8 Å². The van der Waals surface area contributed by atoms with E-state index in [0.29, 0.717) is 11.3 Å². The van der Waals surface area contributed by atoms with Crippen molar-refractivity contribution in [2.75, 3.05) is 24.7 Å². The first-order valence-corrected chi connectivity index (χ1v) is 11.0. The number of thiophene rings is 1. The molecular formula is C16H20N2O6S2. The highest BCUT2D eigenvalue weighted by molar-refractivity contribution is 7.91. The molecule has 0 bridgehead atoms. The Hall–Kier alpha value is -1.94. The number of nitrogens with one attached hydrogen (secondary N) is 1. The van der Waals surface area contributed by atoms with Gasteiger partial charge < -0.3 is 15.0 Å². The highest BCUT2D eigenvalue weighted by Crippen LogP contribution is 2.32. The highest BCUT2D eigenvalue weighted by atomic mass is 32.2. The summed E-state index contributed by atoms with van der Waals surface area (Å²) < 4.78 is 28.3. The summed E-state index contributed by atoms with van der Waals surface area (Å²) in [5, 5.41) is 4.18. The van der Waals surface area contributed by atoms with E-state index in [1.165, 1.54) is 11.3 Å². The number of nitrogens with zero attached hydrogens (tertiary/aromatic N) is 1. The lowest BCUT2D eigenvalue weighted by Crippen LogP contribution is -2.45. The van der Waals surface area contributed by atoms with Gasteiger partial charge in [-0.3, -0.25) is 14.4 Å². The van der Waals surface area contributed by atoms with Crippen LogP contribution in [0.5, 0.6) is 0 Å². The maximum atomic E-state index is 12.4. The molecule has 8 nitrogen and oxygen atoms in total. The Morgan fingerprint density at radius 1 is 1.23 bits per heavy atom. The molecule has 0 radical (unpaired) electrons. The monoisotopic (exact) mass is 400 g/mol. The van der Waals surface area contributed by atoms with E-state index >= 15 is 0 Å². The minimum Gasteiger partial charge on any atom is -0.454 e. The molecule has 1 saturated heterocycles. The van der Waals surface area contributed by atoms with Crippen LogP contribution in [0.4, 0.5) is 0 Å².